The van der Waals surface area contributed by atoms with Crippen molar-refractivity contribution in [1.29, 1.82) is 0 Å². The molecule has 0 fully saturated rings. The molecule has 2 rings (SSSR count). The van der Waals surface area contributed by atoms with E-state index in [1.54, 1.807) is 10.6 Å². The molecule has 0 saturated carbocycles. The number of carbonyl (C=O) groups is 1. The van der Waals surface area contributed by atoms with E-state index >= 15 is 0 Å². The molecule has 0 radical (unpaired) electrons. The molecule has 1 N–H and O–H groups in total. The van der Waals surface area contributed by atoms with Crippen LogP contribution in [0, 0.1) is 13.8 Å². The van der Waals surface area contributed by atoms with Gasteiger partial charge >= 0.3 is 5.97 Å². The molecule has 20 heavy (non-hydrogen) atoms. The topological polar surface area (TPSA) is 51.5 Å². The van der Waals surface area contributed by atoms with E-state index < -0.39 is 5.97 Å². The number of benzene rings is 1. The van der Waals surface area contributed by atoms with Crippen LogP contribution in [0.25, 0.3) is 0 Å². The van der Waals surface area contributed by atoms with Crippen molar-refractivity contribution in [2.45, 2.75) is 26.8 Å². The zero-order valence-electron chi connectivity index (χ0n) is 11.8. The highest BCUT2D eigenvalue weighted by Crippen LogP contribution is 2.13. The summed E-state index contributed by atoms with van der Waals surface area (Å²) in [5.41, 5.74) is 2.49. The third-order valence-corrected chi connectivity index (χ3v) is 3.23. The Kier molecular flexibility index (Phi) is 4.45. The number of hydrogen-bond donors (Lipinski definition) is 1. The normalized spacial score (nSPS) is 10.5. The van der Waals surface area contributed by atoms with Crippen molar-refractivity contribution in [2.75, 3.05) is 6.61 Å². The Labute approximate surface area is 118 Å². The number of rotatable bonds is 6. The van der Waals surface area contributed by atoms with E-state index in [4.69, 9.17) is 9.84 Å². The van der Waals surface area contributed by atoms with Crippen LogP contribution in [0.15, 0.2) is 36.4 Å². The molecular formula is C16H19NO3. The quantitative estimate of drug-likeness (QED) is 0.822. The molecule has 0 amide bonds. The molecule has 0 aliphatic carbocycles. The van der Waals surface area contributed by atoms with Gasteiger partial charge < -0.3 is 14.4 Å². The van der Waals surface area contributed by atoms with Crippen molar-refractivity contribution < 1.29 is 14.6 Å². The van der Waals surface area contributed by atoms with Crippen molar-refractivity contribution in [3.8, 4) is 5.75 Å². The van der Waals surface area contributed by atoms with Crippen molar-refractivity contribution in [1.82, 2.24) is 4.57 Å². The monoisotopic (exact) mass is 273 g/mol. The summed E-state index contributed by atoms with van der Waals surface area (Å²) < 4.78 is 7.45. The molecule has 0 aliphatic rings. The van der Waals surface area contributed by atoms with Crippen LogP contribution in [0.4, 0.5) is 0 Å². The first-order chi connectivity index (χ1) is 9.58. The first-order valence-electron chi connectivity index (χ1n) is 6.67. The Bertz CT molecular complexity index is 584. The molecule has 2 aromatic rings. The summed E-state index contributed by atoms with van der Waals surface area (Å²) in [7, 11) is 0. The van der Waals surface area contributed by atoms with Crippen molar-refractivity contribution >= 4 is 5.97 Å². The fourth-order valence-corrected chi connectivity index (χ4v) is 2.10. The molecule has 1 aromatic heterocycles. The van der Waals surface area contributed by atoms with Crippen molar-refractivity contribution in [3.05, 3.63) is 53.3 Å². The lowest BCUT2D eigenvalue weighted by Gasteiger charge is -2.10. The van der Waals surface area contributed by atoms with Gasteiger partial charge in [-0.3, -0.25) is 0 Å². The van der Waals surface area contributed by atoms with E-state index in [2.05, 4.69) is 0 Å². The highest BCUT2D eigenvalue weighted by atomic mass is 16.5. The van der Waals surface area contributed by atoms with Gasteiger partial charge in [-0.15, -0.1) is 0 Å². The Morgan fingerprint density at radius 1 is 1.15 bits per heavy atom. The predicted molar refractivity (Wildman–Crippen MR) is 77.4 cm³/mol. The fraction of sp³-hybridized carbons (Fsp3) is 0.312. The molecule has 1 aromatic carbocycles. The van der Waals surface area contributed by atoms with E-state index in [9.17, 15) is 4.79 Å². The Hall–Kier alpha value is -2.23. The highest BCUT2D eigenvalue weighted by Gasteiger charge is 2.11. The lowest BCUT2D eigenvalue weighted by Crippen LogP contribution is -2.12. The van der Waals surface area contributed by atoms with Gasteiger partial charge in [0.2, 0.25) is 0 Å². The van der Waals surface area contributed by atoms with Crippen LogP contribution in [0.1, 0.15) is 28.2 Å². The van der Waals surface area contributed by atoms with Crippen LogP contribution in [0.5, 0.6) is 5.75 Å². The summed E-state index contributed by atoms with van der Waals surface area (Å²) in [5.74, 6) is -0.0455. The largest absolute Gasteiger partial charge is 0.494 e. The molecular weight excluding hydrogens is 254 g/mol. The predicted octanol–water partition coefficient (Wildman–Crippen LogP) is 3.27. The maximum absolute atomic E-state index is 11.1. The summed E-state index contributed by atoms with van der Waals surface area (Å²) in [6.07, 6.45) is 0.768. The Morgan fingerprint density at radius 2 is 1.85 bits per heavy atom. The van der Waals surface area contributed by atoms with Gasteiger partial charge in [0, 0.05) is 12.2 Å². The summed E-state index contributed by atoms with van der Waals surface area (Å²) in [6.45, 7) is 5.16. The Morgan fingerprint density at radius 3 is 2.50 bits per heavy atom. The third-order valence-electron chi connectivity index (χ3n) is 3.23. The van der Waals surface area contributed by atoms with Gasteiger partial charge in [-0.1, -0.05) is 17.7 Å². The number of ether oxygens (including phenoxy) is 1. The summed E-state index contributed by atoms with van der Waals surface area (Å²) in [4.78, 5) is 11.1. The molecule has 0 atom stereocenters. The van der Waals surface area contributed by atoms with E-state index in [1.165, 1.54) is 5.56 Å². The van der Waals surface area contributed by atoms with Gasteiger partial charge in [0.1, 0.15) is 11.4 Å². The second kappa shape index (κ2) is 6.28. The van der Waals surface area contributed by atoms with Crippen LogP contribution in [0.2, 0.25) is 0 Å². The zero-order valence-corrected chi connectivity index (χ0v) is 11.8. The maximum atomic E-state index is 11.1. The molecule has 0 aliphatic heterocycles. The second-order valence-electron chi connectivity index (χ2n) is 4.83. The van der Waals surface area contributed by atoms with E-state index in [1.807, 2.05) is 44.2 Å². The number of aryl methyl sites for hydroxylation is 2. The molecule has 0 unspecified atom stereocenters. The lowest BCUT2D eigenvalue weighted by molar-refractivity contribution is 0.0684. The summed E-state index contributed by atoms with van der Waals surface area (Å²) in [5, 5.41) is 9.09. The van der Waals surface area contributed by atoms with Crippen LogP contribution in [0.3, 0.4) is 0 Å². The lowest BCUT2D eigenvalue weighted by atomic mass is 10.2. The van der Waals surface area contributed by atoms with Gasteiger partial charge in [0.25, 0.3) is 0 Å². The molecule has 106 valence electrons. The molecule has 1 heterocycles. The molecule has 0 bridgehead atoms. The highest BCUT2D eigenvalue weighted by molar-refractivity contribution is 5.86. The number of aromatic carboxylic acids is 1. The van der Waals surface area contributed by atoms with Gasteiger partial charge in [-0.2, -0.15) is 0 Å². The van der Waals surface area contributed by atoms with Crippen molar-refractivity contribution in [2.24, 2.45) is 0 Å². The second-order valence-corrected chi connectivity index (χ2v) is 4.83. The van der Waals surface area contributed by atoms with Gasteiger partial charge in [0.15, 0.2) is 0 Å². The first kappa shape index (κ1) is 14.2. The smallest absolute Gasteiger partial charge is 0.352 e. The molecule has 0 spiro atoms. The van der Waals surface area contributed by atoms with E-state index in [0.717, 1.165) is 17.9 Å². The zero-order chi connectivity index (χ0) is 14.5. The SMILES string of the molecule is Cc1ccc(OCCCn2c(C)ccc2C(=O)O)cc1. The van der Waals surface area contributed by atoms with E-state index in [0.29, 0.717) is 18.8 Å². The van der Waals surface area contributed by atoms with E-state index in [-0.39, 0.29) is 0 Å². The fourth-order valence-electron chi connectivity index (χ4n) is 2.10. The van der Waals surface area contributed by atoms with Gasteiger partial charge in [0.05, 0.1) is 6.61 Å². The third kappa shape index (κ3) is 3.41. The van der Waals surface area contributed by atoms with Gasteiger partial charge in [-0.05, 0) is 44.5 Å². The minimum atomic E-state index is -0.891. The number of carboxylic acid groups (broad SMARTS) is 1. The van der Waals surface area contributed by atoms with Crippen LogP contribution in [-0.2, 0) is 6.54 Å². The standard InChI is InChI=1S/C16H19NO3/c1-12-4-7-14(8-5-12)20-11-3-10-17-13(2)6-9-15(17)16(18)19/h4-9H,3,10-11H2,1-2H3,(H,18,19). The van der Waals surface area contributed by atoms with Crippen LogP contribution in [-0.4, -0.2) is 22.2 Å². The summed E-state index contributed by atoms with van der Waals surface area (Å²) >= 11 is 0. The minimum Gasteiger partial charge on any atom is -0.494 e. The number of carboxylic acids is 1. The number of aromatic nitrogens is 1. The number of nitrogens with zero attached hydrogens (tertiary/aromatic N) is 1. The van der Waals surface area contributed by atoms with Gasteiger partial charge in [-0.25, -0.2) is 4.79 Å². The van der Waals surface area contributed by atoms with Crippen LogP contribution < -0.4 is 4.74 Å². The molecule has 4 heteroatoms. The number of hydrogen-bond acceptors (Lipinski definition) is 2. The average molecular weight is 273 g/mol. The molecule has 4 nitrogen and oxygen atoms in total. The minimum absolute atomic E-state index is 0.331. The first-order valence-corrected chi connectivity index (χ1v) is 6.67. The Balaban J connectivity index is 1.86. The average Bonchev–Trinajstić information content (AvgIpc) is 2.78. The van der Waals surface area contributed by atoms with Crippen LogP contribution >= 0.6 is 0 Å². The maximum Gasteiger partial charge on any atom is 0.352 e. The molecule has 0 saturated heterocycles. The summed E-state index contributed by atoms with van der Waals surface area (Å²) in [6, 6.07) is 11.4. The van der Waals surface area contributed by atoms with Crippen molar-refractivity contribution in [3.63, 3.8) is 0 Å².